The summed E-state index contributed by atoms with van der Waals surface area (Å²) < 4.78 is 0. The first-order chi connectivity index (χ1) is 8.06. The molecule has 0 unspecified atom stereocenters. The first-order valence-corrected chi connectivity index (χ1v) is 5.42. The molecule has 0 fully saturated rings. The Labute approximate surface area is 100 Å². The Balaban J connectivity index is 2.34. The molecular weight excluding hydrogens is 214 g/mol. The number of benzene rings is 2. The van der Waals surface area contributed by atoms with Crippen LogP contribution in [0.2, 0.25) is 0 Å². The lowest BCUT2D eigenvalue weighted by atomic mass is 10.1. The highest BCUT2D eigenvalue weighted by Crippen LogP contribution is 2.34. The average Bonchev–Trinajstić information content (AvgIpc) is 2.23. The first-order valence-electron chi connectivity index (χ1n) is 5.42. The maximum atomic E-state index is 9.68. The monoisotopic (exact) mass is 229 g/mol. The van der Waals surface area contributed by atoms with Gasteiger partial charge in [-0.3, -0.25) is 0 Å². The Bertz CT molecular complexity index is 530. The quantitative estimate of drug-likeness (QED) is 0.691. The minimum absolute atomic E-state index is 0.126. The molecule has 0 saturated heterocycles. The van der Waals surface area contributed by atoms with Crippen molar-refractivity contribution in [2.24, 2.45) is 0 Å². The maximum Gasteiger partial charge on any atom is 0.181 e. The molecule has 0 radical (unpaired) electrons. The van der Waals surface area contributed by atoms with Crippen molar-refractivity contribution in [3.05, 3.63) is 47.5 Å². The summed E-state index contributed by atoms with van der Waals surface area (Å²) in [6, 6.07) is 10.9. The molecule has 2 rings (SSSR count). The molecule has 2 aromatic rings. The minimum atomic E-state index is -0.133. The smallest absolute Gasteiger partial charge is 0.181 e. The van der Waals surface area contributed by atoms with Crippen molar-refractivity contribution >= 4 is 11.4 Å². The number of nitrogens with one attached hydrogen (secondary N) is 1. The third-order valence-corrected chi connectivity index (χ3v) is 2.52. The number of aryl methyl sites for hydroxylation is 2. The van der Waals surface area contributed by atoms with Gasteiger partial charge in [0.2, 0.25) is 0 Å². The van der Waals surface area contributed by atoms with E-state index in [0.717, 1.165) is 16.8 Å². The van der Waals surface area contributed by atoms with Gasteiger partial charge in [0.15, 0.2) is 11.5 Å². The molecule has 17 heavy (non-hydrogen) atoms. The molecule has 3 heteroatoms. The number of rotatable bonds is 2. The molecule has 0 amide bonds. The van der Waals surface area contributed by atoms with Crippen LogP contribution in [0.4, 0.5) is 11.4 Å². The molecule has 0 spiro atoms. The molecule has 88 valence electrons. The van der Waals surface area contributed by atoms with Gasteiger partial charge < -0.3 is 15.5 Å². The van der Waals surface area contributed by atoms with Gasteiger partial charge in [0.05, 0.1) is 5.69 Å². The van der Waals surface area contributed by atoms with Crippen LogP contribution in [0.1, 0.15) is 11.1 Å². The van der Waals surface area contributed by atoms with Crippen LogP contribution in [0.3, 0.4) is 0 Å². The summed E-state index contributed by atoms with van der Waals surface area (Å²) in [7, 11) is 0. The number of hydrogen-bond donors (Lipinski definition) is 3. The SMILES string of the molecule is Cc1cc(C)cc(Nc2cccc(O)c2O)c1. The average molecular weight is 229 g/mol. The highest BCUT2D eigenvalue weighted by atomic mass is 16.3. The zero-order valence-electron chi connectivity index (χ0n) is 9.86. The molecule has 0 atom stereocenters. The van der Waals surface area contributed by atoms with E-state index in [-0.39, 0.29) is 11.5 Å². The van der Waals surface area contributed by atoms with Crippen LogP contribution in [0.25, 0.3) is 0 Å². The number of aromatic hydroxyl groups is 2. The van der Waals surface area contributed by atoms with Gasteiger partial charge in [-0.15, -0.1) is 0 Å². The molecule has 3 N–H and O–H groups in total. The van der Waals surface area contributed by atoms with Crippen molar-refractivity contribution in [2.45, 2.75) is 13.8 Å². The van der Waals surface area contributed by atoms with Crippen molar-refractivity contribution < 1.29 is 10.2 Å². The van der Waals surface area contributed by atoms with Gasteiger partial charge >= 0.3 is 0 Å². The zero-order valence-corrected chi connectivity index (χ0v) is 9.86. The molecule has 0 heterocycles. The highest BCUT2D eigenvalue weighted by Gasteiger charge is 2.06. The van der Waals surface area contributed by atoms with Crippen LogP contribution < -0.4 is 5.32 Å². The predicted octanol–water partition coefficient (Wildman–Crippen LogP) is 3.46. The number of anilines is 2. The third kappa shape index (κ3) is 2.50. The second kappa shape index (κ2) is 4.37. The molecule has 2 aromatic carbocycles. The lowest BCUT2D eigenvalue weighted by molar-refractivity contribution is 0.405. The number of phenols is 2. The molecule has 0 aromatic heterocycles. The fraction of sp³-hybridized carbons (Fsp3) is 0.143. The Morgan fingerprint density at radius 2 is 1.59 bits per heavy atom. The van der Waals surface area contributed by atoms with Crippen molar-refractivity contribution in [3.63, 3.8) is 0 Å². The number of para-hydroxylation sites is 1. The van der Waals surface area contributed by atoms with Gasteiger partial charge in [0.25, 0.3) is 0 Å². The van der Waals surface area contributed by atoms with E-state index in [1.54, 1.807) is 12.1 Å². The van der Waals surface area contributed by atoms with E-state index in [1.807, 2.05) is 26.0 Å². The van der Waals surface area contributed by atoms with Crippen LogP contribution in [-0.4, -0.2) is 10.2 Å². The van der Waals surface area contributed by atoms with Crippen LogP contribution in [0.15, 0.2) is 36.4 Å². The molecule has 3 nitrogen and oxygen atoms in total. The molecule has 0 aliphatic carbocycles. The van der Waals surface area contributed by atoms with Crippen molar-refractivity contribution in [1.29, 1.82) is 0 Å². The Kier molecular flexibility index (Phi) is 2.91. The van der Waals surface area contributed by atoms with Gasteiger partial charge in [-0.05, 0) is 49.2 Å². The second-order valence-electron chi connectivity index (χ2n) is 4.17. The maximum absolute atomic E-state index is 9.68. The molecular formula is C14H15NO2. The molecule has 0 bridgehead atoms. The van der Waals surface area contributed by atoms with Crippen molar-refractivity contribution in [2.75, 3.05) is 5.32 Å². The van der Waals surface area contributed by atoms with Gasteiger partial charge in [-0.2, -0.15) is 0 Å². The van der Waals surface area contributed by atoms with Crippen LogP contribution in [0.5, 0.6) is 11.5 Å². The highest BCUT2D eigenvalue weighted by molar-refractivity contribution is 5.69. The van der Waals surface area contributed by atoms with Gasteiger partial charge in [0, 0.05) is 5.69 Å². The molecule has 0 saturated carbocycles. The largest absolute Gasteiger partial charge is 0.504 e. The van der Waals surface area contributed by atoms with E-state index >= 15 is 0 Å². The Morgan fingerprint density at radius 1 is 0.941 bits per heavy atom. The van der Waals surface area contributed by atoms with E-state index in [9.17, 15) is 10.2 Å². The summed E-state index contributed by atoms with van der Waals surface area (Å²) in [4.78, 5) is 0. The van der Waals surface area contributed by atoms with E-state index in [0.29, 0.717) is 5.69 Å². The first kappa shape index (κ1) is 11.3. The zero-order chi connectivity index (χ0) is 12.4. The van der Waals surface area contributed by atoms with E-state index in [2.05, 4.69) is 11.4 Å². The Morgan fingerprint density at radius 3 is 2.24 bits per heavy atom. The summed E-state index contributed by atoms with van der Waals surface area (Å²) >= 11 is 0. The minimum Gasteiger partial charge on any atom is -0.504 e. The molecule has 0 aliphatic heterocycles. The summed E-state index contributed by atoms with van der Waals surface area (Å²) in [5, 5.41) is 22.2. The lowest BCUT2D eigenvalue weighted by Crippen LogP contribution is -1.92. The van der Waals surface area contributed by atoms with E-state index < -0.39 is 0 Å². The fourth-order valence-corrected chi connectivity index (χ4v) is 1.83. The summed E-state index contributed by atoms with van der Waals surface area (Å²) in [5.74, 6) is -0.258. The van der Waals surface area contributed by atoms with Crippen LogP contribution in [-0.2, 0) is 0 Å². The van der Waals surface area contributed by atoms with Crippen molar-refractivity contribution in [1.82, 2.24) is 0 Å². The van der Waals surface area contributed by atoms with Crippen molar-refractivity contribution in [3.8, 4) is 11.5 Å². The lowest BCUT2D eigenvalue weighted by Gasteiger charge is -2.10. The topological polar surface area (TPSA) is 52.5 Å². The Hall–Kier alpha value is -2.16. The van der Waals surface area contributed by atoms with E-state index in [1.165, 1.54) is 6.07 Å². The summed E-state index contributed by atoms with van der Waals surface area (Å²) in [6.07, 6.45) is 0. The van der Waals surface area contributed by atoms with E-state index in [4.69, 9.17) is 0 Å². The third-order valence-electron chi connectivity index (χ3n) is 2.52. The fourth-order valence-electron chi connectivity index (χ4n) is 1.83. The summed E-state index contributed by atoms with van der Waals surface area (Å²) in [6.45, 7) is 4.03. The van der Waals surface area contributed by atoms with Crippen LogP contribution >= 0.6 is 0 Å². The molecule has 0 aliphatic rings. The number of phenolic OH excluding ortho intramolecular Hbond substituents is 2. The van der Waals surface area contributed by atoms with Gasteiger partial charge in [-0.25, -0.2) is 0 Å². The second-order valence-corrected chi connectivity index (χ2v) is 4.17. The normalized spacial score (nSPS) is 10.2. The standard InChI is InChI=1S/C14H15NO2/c1-9-6-10(2)8-11(7-9)15-12-4-3-5-13(16)14(12)17/h3-8,15-17H,1-2H3. The number of hydrogen-bond acceptors (Lipinski definition) is 3. The predicted molar refractivity (Wildman–Crippen MR) is 69.0 cm³/mol. The van der Waals surface area contributed by atoms with Gasteiger partial charge in [-0.1, -0.05) is 12.1 Å². The van der Waals surface area contributed by atoms with Crippen LogP contribution in [0, 0.1) is 13.8 Å². The van der Waals surface area contributed by atoms with Gasteiger partial charge in [0.1, 0.15) is 0 Å². The summed E-state index contributed by atoms with van der Waals surface area (Å²) in [5.41, 5.74) is 3.68.